The third kappa shape index (κ3) is 4.05. The Hall–Kier alpha value is -2.49. The molecule has 0 spiro atoms. The number of carbonyl (C=O) groups excluding carboxylic acids is 1. The normalized spacial score (nSPS) is 15.7. The number of amides is 1. The number of carbonyl (C=O) groups is 1. The number of thioether (sulfide) groups is 1. The number of para-hydroxylation sites is 1. The van der Waals surface area contributed by atoms with Gasteiger partial charge in [0.05, 0.1) is 16.8 Å². The van der Waals surface area contributed by atoms with Gasteiger partial charge in [-0.25, -0.2) is 9.97 Å². The first-order valence-corrected chi connectivity index (χ1v) is 12.7. The maximum atomic E-state index is 13.7. The number of thiazole rings is 1. The Morgan fingerprint density at radius 3 is 2.94 bits per heavy atom. The van der Waals surface area contributed by atoms with E-state index in [-0.39, 0.29) is 17.2 Å². The van der Waals surface area contributed by atoms with Crippen molar-refractivity contribution in [3.63, 3.8) is 0 Å². The highest BCUT2D eigenvalue weighted by atomic mass is 32.2. The van der Waals surface area contributed by atoms with Crippen LogP contribution in [0.2, 0.25) is 0 Å². The minimum absolute atomic E-state index is 0.0499. The number of thiophene rings is 1. The molecule has 158 valence electrons. The van der Waals surface area contributed by atoms with Crippen LogP contribution in [0.3, 0.4) is 0 Å². The van der Waals surface area contributed by atoms with Crippen molar-refractivity contribution >= 4 is 55.7 Å². The minimum atomic E-state index is -0.173. The van der Waals surface area contributed by atoms with Crippen molar-refractivity contribution in [2.45, 2.75) is 31.3 Å². The molecule has 1 N–H and O–H groups in total. The fourth-order valence-electron chi connectivity index (χ4n) is 3.84. The molecule has 1 unspecified atom stereocenters. The van der Waals surface area contributed by atoms with Crippen LogP contribution in [-0.4, -0.2) is 26.2 Å². The van der Waals surface area contributed by atoms with Crippen molar-refractivity contribution in [3.8, 4) is 5.69 Å². The maximum Gasteiger partial charge on any atom is 0.267 e. The lowest BCUT2D eigenvalue weighted by Crippen LogP contribution is -2.23. The molecule has 1 amide bonds. The molecule has 0 fully saturated rings. The second kappa shape index (κ2) is 8.57. The molecule has 0 radical (unpaired) electrons. The summed E-state index contributed by atoms with van der Waals surface area (Å²) in [5.74, 6) is 0.598. The standard InChI is InChI=1S/C22H20N4O2S3/c1-13-7-8-15-16(11-13)31-19-18(15)20(28)26(14-5-3-2-4-6-14)22(25-19)30-12-17(27)24-21-23-9-10-29-21/h2-6,9-10,13H,7-8,11-12H2,1H3,(H,23,24,27). The van der Waals surface area contributed by atoms with E-state index in [1.807, 2.05) is 35.7 Å². The summed E-state index contributed by atoms with van der Waals surface area (Å²) in [6.45, 7) is 2.26. The Balaban J connectivity index is 1.56. The molecule has 5 rings (SSSR count). The minimum Gasteiger partial charge on any atom is -0.301 e. The van der Waals surface area contributed by atoms with Crippen molar-refractivity contribution in [1.29, 1.82) is 0 Å². The van der Waals surface area contributed by atoms with Gasteiger partial charge in [-0.1, -0.05) is 36.9 Å². The van der Waals surface area contributed by atoms with Crippen LogP contribution in [-0.2, 0) is 17.6 Å². The number of rotatable bonds is 5. The topological polar surface area (TPSA) is 76.9 Å². The molecular weight excluding hydrogens is 448 g/mol. The fraction of sp³-hybridized carbons (Fsp3) is 0.273. The molecule has 1 aliphatic carbocycles. The van der Waals surface area contributed by atoms with E-state index in [1.165, 1.54) is 33.5 Å². The van der Waals surface area contributed by atoms with Crippen molar-refractivity contribution in [2.24, 2.45) is 5.92 Å². The summed E-state index contributed by atoms with van der Waals surface area (Å²) >= 11 is 4.27. The molecule has 1 aromatic carbocycles. The smallest absolute Gasteiger partial charge is 0.267 e. The van der Waals surface area contributed by atoms with E-state index in [0.717, 1.165) is 35.2 Å². The summed E-state index contributed by atoms with van der Waals surface area (Å²) in [7, 11) is 0. The second-order valence-electron chi connectivity index (χ2n) is 7.58. The van der Waals surface area contributed by atoms with Crippen molar-refractivity contribution in [1.82, 2.24) is 14.5 Å². The number of anilines is 1. The molecule has 31 heavy (non-hydrogen) atoms. The largest absolute Gasteiger partial charge is 0.301 e. The summed E-state index contributed by atoms with van der Waals surface area (Å²) in [4.78, 5) is 37.1. The third-order valence-corrected chi connectivity index (χ3v) is 8.10. The van der Waals surface area contributed by atoms with Crippen molar-refractivity contribution in [3.05, 3.63) is 62.7 Å². The predicted octanol–water partition coefficient (Wildman–Crippen LogP) is 4.76. The molecule has 0 saturated carbocycles. The Kier molecular flexibility index (Phi) is 5.64. The quantitative estimate of drug-likeness (QED) is 0.338. The molecule has 0 saturated heterocycles. The average molecular weight is 469 g/mol. The van der Waals surface area contributed by atoms with Gasteiger partial charge in [-0.05, 0) is 42.9 Å². The van der Waals surface area contributed by atoms with Gasteiger partial charge >= 0.3 is 0 Å². The van der Waals surface area contributed by atoms with Crippen LogP contribution in [0, 0.1) is 5.92 Å². The highest BCUT2D eigenvalue weighted by Crippen LogP contribution is 2.37. The lowest BCUT2D eigenvalue weighted by molar-refractivity contribution is -0.113. The van der Waals surface area contributed by atoms with Gasteiger partial charge < -0.3 is 5.32 Å². The Morgan fingerprint density at radius 2 is 2.16 bits per heavy atom. The molecule has 4 aromatic rings. The molecule has 0 bridgehead atoms. The van der Waals surface area contributed by atoms with Crippen LogP contribution in [0.5, 0.6) is 0 Å². The van der Waals surface area contributed by atoms with Crippen LogP contribution in [0.15, 0.2) is 51.9 Å². The number of nitrogens with one attached hydrogen (secondary N) is 1. The van der Waals surface area contributed by atoms with E-state index < -0.39 is 0 Å². The van der Waals surface area contributed by atoms with Gasteiger partial charge in [0.1, 0.15) is 4.83 Å². The number of nitrogens with zero attached hydrogens (tertiary/aromatic N) is 3. The summed E-state index contributed by atoms with van der Waals surface area (Å²) in [5, 5.41) is 6.43. The first kappa shape index (κ1) is 20.4. The van der Waals surface area contributed by atoms with E-state index in [1.54, 1.807) is 22.1 Å². The fourth-order valence-corrected chi connectivity index (χ4v) is 6.63. The van der Waals surface area contributed by atoms with Gasteiger partial charge in [-0.2, -0.15) is 0 Å². The van der Waals surface area contributed by atoms with Gasteiger partial charge in [0, 0.05) is 16.5 Å². The highest BCUT2D eigenvalue weighted by molar-refractivity contribution is 7.99. The SMILES string of the molecule is CC1CCc2c(sc3nc(SCC(=O)Nc4nccs4)n(-c4ccccc4)c(=O)c23)C1. The molecule has 1 aliphatic rings. The summed E-state index contributed by atoms with van der Waals surface area (Å²) in [5.41, 5.74) is 1.87. The summed E-state index contributed by atoms with van der Waals surface area (Å²) in [6, 6.07) is 9.52. The zero-order chi connectivity index (χ0) is 21.4. The van der Waals surface area contributed by atoms with Crippen LogP contribution in [0.1, 0.15) is 23.8 Å². The number of hydrogen-bond acceptors (Lipinski definition) is 7. The van der Waals surface area contributed by atoms with Crippen LogP contribution < -0.4 is 10.9 Å². The van der Waals surface area contributed by atoms with E-state index >= 15 is 0 Å². The molecule has 1 atom stereocenters. The zero-order valence-electron chi connectivity index (χ0n) is 16.8. The van der Waals surface area contributed by atoms with Gasteiger partial charge in [0.25, 0.3) is 5.56 Å². The van der Waals surface area contributed by atoms with E-state index in [9.17, 15) is 9.59 Å². The molecule has 6 nitrogen and oxygen atoms in total. The highest BCUT2D eigenvalue weighted by Gasteiger charge is 2.25. The lowest BCUT2D eigenvalue weighted by atomic mass is 9.89. The Bertz CT molecular complexity index is 1300. The number of hydrogen-bond donors (Lipinski definition) is 1. The zero-order valence-corrected chi connectivity index (χ0v) is 19.3. The van der Waals surface area contributed by atoms with Gasteiger partial charge in [0.15, 0.2) is 10.3 Å². The molecule has 3 heterocycles. The van der Waals surface area contributed by atoms with Crippen molar-refractivity contribution < 1.29 is 4.79 Å². The number of benzene rings is 1. The average Bonchev–Trinajstić information content (AvgIpc) is 3.39. The van der Waals surface area contributed by atoms with Crippen LogP contribution in [0.25, 0.3) is 15.9 Å². The number of fused-ring (bicyclic) bond motifs is 3. The van der Waals surface area contributed by atoms with Gasteiger partial charge in [0.2, 0.25) is 5.91 Å². The monoisotopic (exact) mass is 468 g/mol. The molecule has 9 heteroatoms. The first-order chi connectivity index (χ1) is 15.1. The van der Waals surface area contributed by atoms with Crippen LogP contribution >= 0.6 is 34.4 Å². The molecule has 0 aliphatic heterocycles. The lowest BCUT2D eigenvalue weighted by Gasteiger charge is -2.17. The Morgan fingerprint density at radius 1 is 1.32 bits per heavy atom. The molecular formula is C22H20N4O2S3. The number of aromatic nitrogens is 3. The van der Waals surface area contributed by atoms with Gasteiger partial charge in [-0.15, -0.1) is 22.7 Å². The second-order valence-corrected chi connectivity index (χ2v) is 10.5. The predicted molar refractivity (Wildman–Crippen MR) is 128 cm³/mol. The number of aryl methyl sites for hydroxylation is 1. The van der Waals surface area contributed by atoms with E-state index in [0.29, 0.717) is 16.2 Å². The maximum absolute atomic E-state index is 13.7. The van der Waals surface area contributed by atoms with Crippen molar-refractivity contribution in [2.75, 3.05) is 11.1 Å². The first-order valence-electron chi connectivity index (χ1n) is 10.0. The van der Waals surface area contributed by atoms with E-state index in [4.69, 9.17) is 4.98 Å². The molecule has 3 aromatic heterocycles. The van der Waals surface area contributed by atoms with Gasteiger partial charge in [-0.3, -0.25) is 14.2 Å². The van der Waals surface area contributed by atoms with Crippen LogP contribution in [0.4, 0.5) is 5.13 Å². The summed E-state index contributed by atoms with van der Waals surface area (Å²) in [6.07, 6.45) is 4.66. The Labute approximate surface area is 191 Å². The van der Waals surface area contributed by atoms with E-state index in [2.05, 4.69) is 17.2 Å². The summed E-state index contributed by atoms with van der Waals surface area (Å²) < 4.78 is 1.65. The third-order valence-electron chi connectivity index (χ3n) is 5.32.